The standard InChI is InChI=1S/C9H14F3NO2S/c10-9(11,12)7(8(14)15)6-13-2-1-4-16-5-3-13/h7H,1-6H2,(H,14,15). The Bertz CT molecular complexity index is 239. The minimum atomic E-state index is -4.66. The summed E-state index contributed by atoms with van der Waals surface area (Å²) in [6, 6.07) is 0. The van der Waals surface area contributed by atoms with Crippen LogP contribution < -0.4 is 0 Å². The van der Waals surface area contributed by atoms with E-state index in [1.165, 1.54) is 0 Å². The second kappa shape index (κ2) is 5.77. The Hall–Kier alpha value is -0.430. The Balaban J connectivity index is 2.56. The fraction of sp³-hybridized carbons (Fsp3) is 0.889. The second-order valence-corrected chi connectivity index (χ2v) is 4.92. The van der Waals surface area contributed by atoms with Gasteiger partial charge in [-0.3, -0.25) is 4.79 Å². The first-order valence-electron chi connectivity index (χ1n) is 5.01. The summed E-state index contributed by atoms with van der Waals surface area (Å²) in [7, 11) is 0. The minimum Gasteiger partial charge on any atom is -0.481 e. The minimum absolute atomic E-state index is 0.431. The highest BCUT2D eigenvalue weighted by molar-refractivity contribution is 7.99. The molecule has 0 bridgehead atoms. The molecule has 1 fully saturated rings. The third kappa shape index (κ3) is 4.21. The van der Waals surface area contributed by atoms with Gasteiger partial charge in [0.1, 0.15) is 0 Å². The third-order valence-electron chi connectivity index (χ3n) is 2.45. The van der Waals surface area contributed by atoms with Gasteiger partial charge in [-0.05, 0) is 18.7 Å². The fourth-order valence-electron chi connectivity index (χ4n) is 1.56. The highest BCUT2D eigenvalue weighted by Gasteiger charge is 2.45. The molecule has 1 heterocycles. The van der Waals surface area contributed by atoms with Crippen LogP contribution in [0.5, 0.6) is 0 Å². The van der Waals surface area contributed by atoms with Crippen LogP contribution in [-0.2, 0) is 4.79 Å². The first-order chi connectivity index (χ1) is 7.41. The average molecular weight is 257 g/mol. The van der Waals surface area contributed by atoms with Crippen molar-refractivity contribution in [2.24, 2.45) is 5.92 Å². The molecule has 0 aliphatic carbocycles. The SMILES string of the molecule is O=C(O)C(CN1CCCSCC1)C(F)(F)F. The van der Waals surface area contributed by atoms with Crippen LogP contribution in [0.4, 0.5) is 13.2 Å². The van der Waals surface area contributed by atoms with Crippen molar-refractivity contribution < 1.29 is 23.1 Å². The predicted molar refractivity (Wildman–Crippen MR) is 55.6 cm³/mol. The van der Waals surface area contributed by atoms with Gasteiger partial charge in [0, 0.05) is 18.8 Å². The van der Waals surface area contributed by atoms with Crippen molar-refractivity contribution in [2.45, 2.75) is 12.6 Å². The first-order valence-corrected chi connectivity index (χ1v) is 6.16. The fourth-order valence-corrected chi connectivity index (χ4v) is 2.48. The van der Waals surface area contributed by atoms with Crippen molar-refractivity contribution in [3.63, 3.8) is 0 Å². The molecule has 0 saturated carbocycles. The van der Waals surface area contributed by atoms with E-state index in [-0.39, 0.29) is 0 Å². The normalized spacial score (nSPS) is 21.4. The van der Waals surface area contributed by atoms with Crippen molar-refractivity contribution in [3.05, 3.63) is 0 Å². The lowest BCUT2D eigenvalue weighted by Crippen LogP contribution is -2.42. The summed E-state index contributed by atoms with van der Waals surface area (Å²) >= 11 is 1.69. The van der Waals surface area contributed by atoms with Gasteiger partial charge < -0.3 is 10.0 Å². The summed E-state index contributed by atoms with van der Waals surface area (Å²) in [6.45, 7) is 0.650. The van der Waals surface area contributed by atoms with Crippen molar-refractivity contribution in [3.8, 4) is 0 Å². The van der Waals surface area contributed by atoms with Crippen LogP contribution in [0, 0.1) is 5.92 Å². The van der Waals surface area contributed by atoms with Gasteiger partial charge in [0.2, 0.25) is 0 Å². The zero-order valence-corrected chi connectivity index (χ0v) is 9.48. The summed E-state index contributed by atoms with van der Waals surface area (Å²) in [4.78, 5) is 12.1. The van der Waals surface area contributed by atoms with Gasteiger partial charge in [-0.2, -0.15) is 24.9 Å². The maximum atomic E-state index is 12.4. The number of carbonyl (C=O) groups is 1. The molecule has 0 aromatic rings. The molecule has 16 heavy (non-hydrogen) atoms. The van der Waals surface area contributed by atoms with Crippen LogP contribution in [0.15, 0.2) is 0 Å². The molecule has 7 heteroatoms. The number of thioether (sulfide) groups is 1. The molecule has 1 rings (SSSR count). The first kappa shape index (κ1) is 13.6. The van der Waals surface area contributed by atoms with Crippen molar-refractivity contribution in [2.75, 3.05) is 31.1 Å². The molecule has 1 atom stereocenters. The van der Waals surface area contributed by atoms with Crippen molar-refractivity contribution in [1.82, 2.24) is 4.90 Å². The Morgan fingerprint density at radius 1 is 1.38 bits per heavy atom. The van der Waals surface area contributed by atoms with E-state index >= 15 is 0 Å². The van der Waals surface area contributed by atoms with E-state index in [1.807, 2.05) is 0 Å². The Morgan fingerprint density at radius 3 is 2.62 bits per heavy atom. The zero-order valence-electron chi connectivity index (χ0n) is 8.66. The number of aliphatic carboxylic acids is 1. The molecule has 1 saturated heterocycles. The third-order valence-corrected chi connectivity index (χ3v) is 3.50. The largest absolute Gasteiger partial charge is 0.481 e. The van der Waals surface area contributed by atoms with Crippen LogP contribution in [0.3, 0.4) is 0 Å². The summed E-state index contributed by atoms with van der Waals surface area (Å²) in [5.41, 5.74) is 0. The van der Waals surface area contributed by atoms with Gasteiger partial charge in [-0.1, -0.05) is 0 Å². The van der Waals surface area contributed by atoms with Gasteiger partial charge in [0.15, 0.2) is 5.92 Å². The van der Waals surface area contributed by atoms with Crippen LogP contribution in [-0.4, -0.2) is 53.3 Å². The molecule has 0 amide bonds. The Kier molecular flexibility index (Phi) is 4.91. The number of hydrogen-bond donors (Lipinski definition) is 1. The smallest absolute Gasteiger partial charge is 0.403 e. The highest BCUT2D eigenvalue weighted by Crippen LogP contribution is 2.27. The van der Waals surface area contributed by atoms with E-state index in [0.717, 1.165) is 17.9 Å². The summed E-state index contributed by atoms with van der Waals surface area (Å²) in [5.74, 6) is -2.36. The molecule has 0 aromatic heterocycles. The molecule has 0 radical (unpaired) electrons. The van der Waals surface area contributed by atoms with Crippen LogP contribution in [0.25, 0.3) is 0 Å². The predicted octanol–water partition coefficient (Wildman–Crippen LogP) is 1.69. The molecule has 0 spiro atoms. The molecule has 1 aliphatic rings. The van der Waals surface area contributed by atoms with E-state index in [2.05, 4.69) is 0 Å². The van der Waals surface area contributed by atoms with Crippen molar-refractivity contribution in [1.29, 1.82) is 0 Å². The lowest BCUT2D eigenvalue weighted by Gasteiger charge is -2.24. The molecule has 1 N–H and O–H groups in total. The van der Waals surface area contributed by atoms with E-state index in [0.29, 0.717) is 13.1 Å². The number of carboxylic acid groups (broad SMARTS) is 1. The Morgan fingerprint density at radius 2 is 2.06 bits per heavy atom. The summed E-state index contributed by atoms with van der Waals surface area (Å²) in [6.07, 6.45) is -3.85. The van der Waals surface area contributed by atoms with Gasteiger partial charge in [0.25, 0.3) is 0 Å². The Labute approximate surface area is 96.0 Å². The monoisotopic (exact) mass is 257 g/mol. The van der Waals surface area contributed by atoms with E-state index in [9.17, 15) is 18.0 Å². The van der Waals surface area contributed by atoms with Gasteiger partial charge in [0.05, 0.1) is 0 Å². The molecular formula is C9H14F3NO2S. The van der Waals surface area contributed by atoms with Gasteiger partial charge in [-0.25, -0.2) is 0 Å². The molecule has 0 aromatic carbocycles. The zero-order chi connectivity index (χ0) is 12.2. The highest BCUT2D eigenvalue weighted by atomic mass is 32.2. The summed E-state index contributed by atoms with van der Waals surface area (Å²) < 4.78 is 37.2. The molecule has 1 aliphatic heterocycles. The molecular weight excluding hydrogens is 243 g/mol. The number of halogens is 3. The van der Waals surface area contributed by atoms with E-state index in [4.69, 9.17) is 5.11 Å². The van der Waals surface area contributed by atoms with Crippen LogP contribution in [0.1, 0.15) is 6.42 Å². The number of rotatable bonds is 3. The van der Waals surface area contributed by atoms with Gasteiger partial charge in [-0.15, -0.1) is 0 Å². The topological polar surface area (TPSA) is 40.5 Å². The lowest BCUT2D eigenvalue weighted by molar-refractivity contribution is -0.196. The van der Waals surface area contributed by atoms with Crippen LogP contribution >= 0.6 is 11.8 Å². The second-order valence-electron chi connectivity index (χ2n) is 3.70. The maximum absolute atomic E-state index is 12.4. The molecule has 1 unspecified atom stereocenters. The number of nitrogens with zero attached hydrogens (tertiary/aromatic N) is 1. The quantitative estimate of drug-likeness (QED) is 0.835. The maximum Gasteiger partial charge on any atom is 0.403 e. The van der Waals surface area contributed by atoms with Crippen LogP contribution in [0.2, 0.25) is 0 Å². The number of alkyl halides is 3. The number of carboxylic acids is 1. The number of hydrogen-bond acceptors (Lipinski definition) is 3. The molecule has 3 nitrogen and oxygen atoms in total. The van der Waals surface area contributed by atoms with E-state index in [1.54, 1.807) is 16.7 Å². The molecule has 94 valence electrons. The summed E-state index contributed by atoms with van der Waals surface area (Å²) in [5, 5.41) is 8.56. The lowest BCUT2D eigenvalue weighted by atomic mass is 10.1. The average Bonchev–Trinajstić information content (AvgIpc) is 2.39. The van der Waals surface area contributed by atoms with Gasteiger partial charge >= 0.3 is 12.1 Å². The van der Waals surface area contributed by atoms with Crippen molar-refractivity contribution >= 4 is 17.7 Å². The van der Waals surface area contributed by atoms with E-state index < -0.39 is 24.6 Å².